The van der Waals surface area contributed by atoms with Crippen molar-refractivity contribution < 1.29 is 9.47 Å². The predicted molar refractivity (Wildman–Crippen MR) is 60.2 cm³/mol. The molecule has 0 saturated carbocycles. The van der Waals surface area contributed by atoms with Crippen LogP contribution in [-0.2, 0) is 0 Å². The molecule has 15 heavy (non-hydrogen) atoms. The Morgan fingerprint density at radius 3 is 2.93 bits per heavy atom. The predicted octanol–water partition coefficient (Wildman–Crippen LogP) is 1.30. The van der Waals surface area contributed by atoms with Crippen LogP contribution in [-0.4, -0.2) is 26.8 Å². The maximum Gasteiger partial charge on any atom is 0.123 e. The standard InChI is InChI=1S/C12H15NO2/c1-3-7-13-8-9-15-12-6-4-5-11(10-12)14-2/h1,4-6,10,13H,7-9H2,2H3. The van der Waals surface area contributed by atoms with Crippen LogP contribution in [0.25, 0.3) is 0 Å². The number of hydrogen-bond acceptors (Lipinski definition) is 3. The van der Waals surface area contributed by atoms with Crippen molar-refractivity contribution in [3.05, 3.63) is 24.3 Å². The Bertz CT molecular complexity index is 331. The first kappa shape index (κ1) is 11.4. The van der Waals surface area contributed by atoms with Crippen LogP contribution in [0.4, 0.5) is 0 Å². The van der Waals surface area contributed by atoms with Crippen molar-refractivity contribution in [3.8, 4) is 23.8 Å². The van der Waals surface area contributed by atoms with E-state index in [0.717, 1.165) is 18.0 Å². The third kappa shape index (κ3) is 4.39. The second-order valence-electron chi connectivity index (χ2n) is 2.91. The fraction of sp³-hybridized carbons (Fsp3) is 0.333. The minimum absolute atomic E-state index is 0.571. The van der Waals surface area contributed by atoms with Crippen LogP contribution in [0.1, 0.15) is 0 Å². The van der Waals surface area contributed by atoms with E-state index in [1.807, 2.05) is 24.3 Å². The third-order valence-corrected chi connectivity index (χ3v) is 1.82. The van der Waals surface area contributed by atoms with Crippen LogP contribution < -0.4 is 14.8 Å². The smallest absolute Gasteiger partial charge is 0.123 e. The zero-order valence-electron chi connectivity index (χ0n) is 8.82. The van der Waals surface area contributed by atoms with Gasteiger partial charge in [0.1, 0.15) is 18.1 Å². The first-order valence-electron chi connectivity index (χ1n) is 4.78. The maximum absolute atomic E-state index is 5.48. The molecule has 1 rings (SSSR count). The number of hydrogen-bond donors (Lipinski definition) is 1. The molecule has 0 unspecified atom stereocenters. The van der Waals surface area contributed by atoms with Crippen molar-refractivity contribution in [1.29, 1.82) is 0 Å². The number of rotatable bonds is 6. The summed E-state index contributed by atoms with van der Waals surface area (Å²) in [5.41, 5.74) is 0. The van der Waals surface area contributed by atoms with Gasteiger partial charge >= 0.3 is 0 Å². The molecule has 0 saturated heterocycles. The largest absolute Gasteiger partial charge is 0.497 e. The minimum atomic E-state index is 0.571. The van der Waals surface area contributed by atoms with E-state index in [4.69, 9.17) is 15.9 Å². The average Bonchev–Trinajstić information content (AvgIpc) is 2.29. The second kappa shape index (κ2) is 6.74. The molecule has 3 nitrogen and oxygen atoms in total. The number of terminal acetylenes is 1. The Labute approximate surface area is 90.4 Å². The fourth-order valence-electron chi connectivity index (χ4n) is 1.09. The monoisotopic (exact) mass is 205 g/mol. The van der Waals surface area contributed by atoms with Crippen LogP contribution in [0.5, 0.6) is 11.5 Å². The highest BCUT2D eigenvalue weighted by Crippen LogP contribution is 2.18. The summed E-state index contributed by atoms with van der Waals surface area (Å²) in [6.45, 7) is 1.90. The summed E-state index contributed by atoms with van der Waals surface area (Å²) in [7, 11) is 1.63. The summed E-state index contributed by atoms with van der Waals surface area (Å²) in [5.74, 6) is 4.10. The van der Waals surface area contributed by atoms with Gasteiger partial charge in [-0.15, -0.1) is 6.42 Å². The van der Waals surface area contributed by atoms with Crippen molar-refractivity contribution in [3.63, 3.8) is 0 Å². The Morgan fingerprint density at radius 1 is 1.40 bits per heavy atom. The molecule has 3 heteroatoms. The van der Waals surface area contributed by atoms with E-state index in [-0.39, 0.29) is 0 Å². The molecule has 80 valence electrons. The van der Waals surface area contributed by atoms with E-state index >= 15 is 0 Å². The lowest BCUT2D eigenvalue weighted by molar-refractivity contribution is 0.314. The molecular formula is C12H15NO2. The summed E-state index contributed by atoms with van der Waals surface area (Å²) < 4.78 is 10.6. The molecule has 0 aliphatic carbocycles. The van der Waals surface area contributed by atoms with Gasteiger partial charge in [0.25, 0.3) is 0 Å². The lowest BCUT2D eigenvalue weighted by Gasteiger charge is -2.07. The highest BCUT2D eigenvalue weighted by atomic mass is 16.5. The molecule has 0 atom stereocenters. The molecule has 0 bridgehead atoms. The average molecular weight is 205 g/mol. The van der Waals surface area contributed by atoms with Crippen LogP contribution in [0.2, 0.25) is 0 Å². The quantitative estimate of drug-likeness (QED) is 0.561. The minimum Gasteiger partial charge on any atom is -0.497 e. The summed E-state index contributed by atoms with van der Waals surface area (Å²) in [4.78, 5) is 0. The zero-order chi connectivity index (χ0) is 10.9. The van der Waals surface area contributed by atoms with Gasteiger partial charge in [-0.25, -0.2) is 0 Å². The van der Waals surface area contributed by atoms with Crippen LogP contribution in [0, 0.1) is 12.3 Å². The Kier molecular flexibility index (Phi) is 5.13. The normalized spacial score (nSPS) is 9.33. The summed E-state index contributed by atoms with van der Waals surface area (Å²) >= 11 is 0. The van der Waals surface area contributed by atoms with Crippen molar-refractivity contribution >= 4 is 0 Å². The lowest BCUT2D eigenvalue weighted by atomic mass is 10.3. The summed E-state index contributed by atoms with van der Waals surface area (Å²) in [6.07, 6.45) is 5.09. The molecule has 0 aliphatic rings. The van der Waals surface area contributed by atoms with Crippen LogP contribution >= 0.6 is 0 Å². The van der Waals surface area contributed by atoms with Crippen molar-refractivity contribution in [2.24, 2.45) is 0 Å². The van der Waals surface area contributed by atoms with E-state index in [1.165, 1.54) is 0 Å². The molecule has 0 radical (unpaired) electrons. The van der Waals surface area contributed by atoms with Crippen LogP contribution in [0.3, 0.4) is 0 Å². The lowest BCUT2D eigenvalue weighted by Crippen LogP contribution is -2.21. The van der Waals surface area contributed by atoms with Gasteiger partial charge < -0.3 is 14.8 Å². The van der Waals surface area contributed by atoms with E-state index < -0.39 is 0 Å². The molecule has 0 aliphatic heterocycles. The number of ether oxygens (including phenoxy) is 2. The molecule has 0 amide bonds. The Balaban J connectivity index is 2.28. The first-order chi connectivity index (χ1) is 7.36. The summed E-state index contributed by atoms with van der Waals surface area (Å²) in [6, 6.07) is 7.51. The highest BCUT2D eigenvalue weighted by Gasteiger charge is 1.95. The molecule has 0 aromatic heterocycles. The molecule has 1 aromatic carbocycles. The molecule has 0 heterocycles. The highest BCUT2D eigenvalue weighted by molar-refractivity contribution is 5.32. The molecule has 0 spiro atoms. The van der Waals surface area contributed by atoms with Gasteiger partial charge in [0.05, 0.1) is 13.7 Å². The fourth-order valence-corrected chi connectivity index (χ4v) is 1.09. The van der Waals surface area contributed by atoms with Gasteiger partial charge in [-0.1, -0.05) is 12.0 Å². The van der Waals surface area contributed by atoms with E-state index in [9.17, 15) is 0 Å². The van der Waals surface area contributed by atoms with E-state index in [1.54, 1.807) is 7.11 Å². The van der Waals surface area contributed by atoms with Gasteiger partial charge in [-0.3, -0.25) is 0 Å². The third-order valence-electron chi connectivity index (χ3n) is 1.82. The van der Waals surface area contributed by atoms with Gasteiger partial charge in [0.15, 0.2) is 0 Å². The SMILES string of the molecule is C#CCNCCOc1cccc(OC)c1. The van der Waals surface area contributed by atoms with Crippen molar-refractivity contribution in [1.82, 2.24) is 5.32 Å². The van der Waals surface area contributed by atoms with Gasteiger partial charge in [-0.05, 0) is 12.1 Å². The number of benzene rings is 1. The van der Waals surface area contributed by atoms with Crippen molar-refractivity contribution in [2.75, 3.05) is 26.8 Å². The Hall–Kier alpha value is -1.66. The molecular weight excluding hydrogens is 190 g/mol. The molecule has 1 aromatic rings. The maximum atomic E-state index is 5.48. The first-order valence-corrected chi connectivity index (χ1v) is 4.78. The molecule has 1 N–H and O–H groups in total. The zero-order valence-corrected chi connectivity index (χ0v) is 8.82. The second-order valence-corrected chi connectivity index (χ2v) is 2.91. The van der Waals surface area contributed by atoms with E-state index in [0.29, 0.717) is 13.2 Å². The van der Waals surface area contributed by atoms with Crippen molar-refractivity contribution in [2.45, 2.75) is 0 Å². The number of methoxy groups -OCH3 is 1. The summed E-state index contributed by atoms with van der Waals surface area (Å²) in [5, 5.41) is 3.04. The van der Waals surface area contributed by atoms with Gasteiger partial charge in [0.2, 0.25) is 0 Å². The number of nitrogens with one attached hydrogen (secondary N) is 1. The van der Waals surface area contributed by atoms with Gasteiger partial charge in [-0.2, -0.15) is 0 Å². The van der Waals surface area contributed by atoms with Crippen LogP contribution in [0.15, 0.2) is 24.3 Å². The topological polar surface area (TPSA) is 30.5 Å². The molecule has 0 fully saturated rings. The van der Waals surface area contributed by atoms with Gasteiger partial charge in [0, 0.05) is 12.6 Å². The van der Waals surface area contributed by atoms with E-state index in [2.05, 4.69) is 11.2 Å². The Morgan fingerprint density at radius 2 is 2.20 bits per heavy atom.